The fourth-order valence-electron chi connectivity index (χ4n) is 2.89. The number of nitrogens with one attached hydrogen (secondary N) is 1. The second kappa shape index (κ2) is 12.6. The Morgan fingerprint density at radius 1 is 1.24 bits per heavy atom. The molecule has 7 nitrogen and oxygen atoms in total. The molecular formula is C25H30FN5O2S. The van der Waals surface area contributed by atoms with Gasteiger partial charge in [0.15, 0.2) is 5.13 Å². The minimum atomic E-state index is -0.342. The van der Waals surface area contributed by atoms with Crippen LogP contribution in [0.15, 0.2) is 49.3 Å². The number of amides is 2. The van der Waals surface area contributed by atoms with E-state index >= 15 is 0 Å². The summed E-state index contributed by atoms with van der Waals surface area (Å²) in [5.41, 5.74) is 2.33. The molecule has 34 heavy (non-hydrogen) atoms. The topological polar surface area (TPSA) is 80.1 Å². The molecule has 0 bridgehead atoms. The van der Waals surface area contributed by atoms with Crippen LogP contribution in [0.1, 0.15) is 50.3 Å². The number of halogens is 1. The summed E-state index contributed by atoms with van der Waals surface area (Å²) in [5.74, 6) is -0.735. The maximum Gasteiger partial charge on any atom is 0.251 e. The Hall–Kier alpha value is -3.59. The van der Waals surface area contributed by atoms with E-state index < -0.39 is 0 Å². The number of hydrogen-bond acceptors (Lipinski definition) is 5. The summed E-state index contributed by atoms with van der Waals surface area (Å²) in [7, 11) is 1.65. The molecule has 0 saturated heterocycles. The van der Waals surface area contributed by atoms with Gasteiger partial charge >= 0.3 is 0 Å². The highest BCUT2D eigenvalue weighted by atomic mass is 32.1. The summed E-state index contributed by atoms with van der Waals surface area (Å²) in [4.78, 5) is 30.8. The van der Waals surface area contributed by atoms with E-state index in [2.05, 4.69) is 35.8 Å². The minimum absolute atomic E-state index is 0.115. The summed E-state index contributed by atoms with van der Waals surface area (Å²) in [6.07, 6.45) is 7.78. The van der Waals surface area contributed by atoms with Crippen LogP contribution in [0.2, 0.25) is 0 Å². The maximum atomic E-state index is 13.3. The number of aromatic nitrogens is 3. The largest absolute Gasteiger partial charge is 0.347 e. The SMILES string of the molecule is C=Cc1c(/C(=C\C)C(=O)NCc2cnc(N(C)C(C)=O)s2)cnn1-c1ccc(F)cc1.CCC. The molecular weight excluding hydrogens is 453 g/mol. The van der Waals surface area contributed by atoms with E-state index in [1.807, 2.05) is 0 Å². The van der Waals surface area contributed by atoms with Crippen molar-refractivity contribution in [2.24, 2.45) is 0 Å². The predicted octanol–water partition coefficient (Wildman–Crippen LogP) is 5.23. The highest BCUT2D eigenvalue weighted by Crippen LogP contribution is 2.25. The molecule has 1 N–H and O–H groups in total. The quantitative estimate of drug-likeness (QED) is 0.467. The van der Waals surface area contributed by atoms with Crippen molar-refractivity contribution in [1.82, 2.24) is 20.1 Å². The van der Waals surface area contributed by atoms with Crippen LogP contribution >= 0.6 is 11.3 Å². The summed E-state index contributed by atoms with van der Waals surface area (Å²) in [6.45, 7) is 11.6. The van der Waals surface area contributed by atoms with Crippen molar-refractivity contribution in [3.05, 3.63) is 71.3 Å². The average molecular weight is 484 g/mol. The second-order valence-corrected chi connectivity index (χ2v) is 8.41. The maximum absolute atomic E-state index is 13.3. The van der Waals surface area contributed by atoms with Gasteiger partial charge in [0, 0.05) is 36.2 Å². The third-order valence-corrected chi connectivity index (χ3v) is 5.69. The summed E-state index contributed by atoms with van der Waals surface area (Å²) < 4.78 is 14.9. The van der Waals surface area contributed by atoms with Gasteiger partial charge in [0.25, 0.3) is 5.91 Å². The molecule has 3 rings (SSSR count). The third kappa shape index (κ3) is 6.48. The van der Waals surface area contributed by atoms with Crippen molar-refractivity contribution in [3.8, 4) is 5.69 Å². The summed E-state index contributed by atoms with van der Waals surface area (Å²) in [6, 6.07) is 5.90. The molecule has 2 heterocycles. The first-order valence-electron chi connectivity index (χ1n) is 10.9. The number of carbonyl (C=O) groups excluding carboxylic acids is 2. The average Bonchev–Trinajstić information content (AvgIpc) is 3.46. The molecule has 0 spiro atoms. The molecule has 0 radical (unpaired) electrons. The first-order valence-corrected chi connectivity index (χ1v) is 11.7. The van der Waals surface area contributed by atoms with Gasteiger partial charge in [-0.15, -0.1) is 0 Å². The van der Waals surface area contributed by atoms with Crippen molar-refractivity contribution in [2.75, 3.05) is 11.9 Å². The number of anilines is 1. The molecule has 0 aliphatic rings. The molecule has 0 unspecified atom stereocenters. The van der Waals surface area contributed by atoms with E-state index in [4.69, 9.17) is 0 Å². The van der Waals surface area contributed by atoms with Gasteiger partial charge in [-0.3, -0.25) is 14.5 Å². The van der Waals surface area contributed by atoms with E-state index in [1.54, 1.807) is 55.3 Å². The predicted molar refractivity (Wildman–Crippen MR) is 136 cm³/mol. The van der Waals surface area contributed by atoms with Crippen LogP contribution in [0.3, 0.4) is 0 Å². The highest BCUT2D eigenvalue weighted by Gasteiger charge is 2.19. The number of hydrogen-bond donors (Lipinski definition) is 1. The smallest absolute Gasteiger partial charge is 0.251 e. The molecule has 1 aromatic carbocycles. The Bertz CT molecular complexity index is 1160. The molecule has 0 fully saturated rings. The highest BCUT2D eigenvalue weighted by molar-refractivity contribution is 7.15. The third-order valence-electron chi connectivity index (χ3n) is 4.62. The van der Waals surface area contributed by atoms with Crippen LogP contribution in [-0.4, -0.2) is 33.6 Å². The molecule has 2 amide bonds. The number of nitrogens with zero attached hydrogens (tertiary/aromatic N) is 4. The van der Waals surface area contributed by atoms with E-state index in [1.165, 1.54) is 41.7 Å². The van der Waals surface area contributed by atoms with Crippen LogP contribution in [0.25, 0.3) is 17.3 Å². The van der Waals surface area contributed by atoms with Gasteiger partial charge in [-0.1, -0.05) is 44.3 Å². The van der Waals surface area contributed by atoms with Gasteiger partial charge in [-0.2, -0.15) is 5.10 Å². The standard InChI is InChI=1S/C22H22FN5O2S.C3H8/c1-5-18(21(30)24-11-17-12-25-22(31-17)27(4)14(3)29)19-13-26-28(20(19)6-2)16-9-7-15(23)8-10-16;1-3-2/h5-10,12-13H,2,11H2,1,3-4H3,(H,24,30);3H2,1-2H3/b18-5+;. The molecule has 9 heteroatoms. The first kappa shape index (κ1) is 26.7. The molecule has 0 aliphatic heterocycles. The molecule has 0 atom stereocenters. The zero-order chi connectivity index (χ0) is 25.3. The molecule has 2 aromatic heterocycles. The molecule has 0 saturated carbocycles. The number of benzene rings is 1. The lowest BCUT2D eigenvalue weighted by Gasteiger charge is -2.10. The van der Waals surface area contributed by atoms with Gasteiger partial charge in [0.1, 0.15) is 5.82 Å². The Balaban J connectivity index is 0.00000129. The Kier molecular flexibility index (Phi) is 9.88. The van der Waals surface area contributed by atoms with E-state index in [0.29, 0.717) is 27.6 Å². The number of carbonyl (C=O) groups is 2. The molecule has 3 aromatic rings. The van der Waals surface area contributed by atoms with Crippen LogP contribution in [0.5, 0.6) is 0 Å². The Morgan fingerprint density at radius 2 is 1.88 bits per heavy atom. The van der Waals surface area contributed by atoms with Gasteiger partial charge < -0.3 is 5.32 Å². The van der Waals surface area contributed by atoms with Crippen molar-refractivity contribution in [3.63, 3.8) is 0 Å². The Morgan fingerprint density at radius 3 is 2.44 bits per heavy atom. The fraction of sp³-hybridized carbons (Fsp3) is 0.280. The zero-order valence-corrected chi connectivity index (χ0v) is 20.9. The Labute approximate surface area is 203 Å². The van der Waals surface area contributed by atoms with Crippen LogP contribution in [-0.2, 0) is 16.1 Å². The van der Waals surface area contributed by atoms with E-state index in [9.17, 15) is 14.0 Å². The molecule has 0 aliphatic carbocycles. The second-order valence-electron chi connectivity index (χ2n) is 7.32. The normalized spacial score (nSPS) is 10.8. The van der Waals surface area contributed by atoms with Crippen molar-refractivity contribution in [2.45, 2.75) is 40.7 Å². The number of allylic oxidation sites excluding steroid dienone is 1. The minimum Gasteiger partial charge on any atom is -0.347 e. The van der Waals surface area contributed by atoms with E-state index in [-0.39, 0.29) is 24.2 Å². The van der Waals surface area contributed by atoms with E-state index in [0.717, 1.165) is 4.88 Å². The van der Waals surface area contributed by atoms with Crippen molar-refractivity contribution >= 4 is 39.9 Å². The van der Waals surface area contributed by atoms with Crippen LogP contribution in [0, 0.1) is 5.82 Å². The van der Waals surface area contributed by atoms with Gasteiger partial charge in [0.05, 0.1) is 24.1 Å². The lowest BCUT2D eigenvalue weighted by atomic mass is 10.1. The summed E-state index contributed by atoms with van der Waals surface area (Å²) >= 11 is 1.33. The van der Waals surface area contributed by atoms with Crippen molar-refractivity contribution in [1.29, 1.82) is 0 Å². The van der Waals surface area contributed by atoms with Gasteiger partial charge in [0.2, 0.25) is 5.91 Å². The lowest BCUT2D eigenvalue weighted by Crippen LogP contribution is -2.23. The van der Waals surface area contributed by atoms with Crippen LogP contribution < -0.4 is 10.2 Å². The fourth-order valence-corrected chi connectivity index (χ4v) is 3.75. The monoisotopic (exact) mass is 483 g/mol. The van der Waals surface area contributed by atoms with Crippen molar-refractivity contribution < 1.29 is 14.0 Å². The van der Waals surface area contributed by atoms with Gasteiger partial charge in [-0.05, 0) is 37.3 Å². The molecule has 180 valence electrons. The zero-order valence-electron chi connectivity index (χ0n) is 20.1. The number of rotatable bonds is 7. The number of thiazole rings is 1. The lowest BCUT2D eigenvalue weighted by molar-refractivity contribution is -0.116. The first-order chi connectivity index (χ1) is 16.3. The van der Waals surface area contributed by atoms with Gasteiger partial charge in [-0.25, -0.2) is 14.1 Å². The van der Waals surface area contributed by atoms with Crippen LogP contribution in [0.4, 0.5) is 9.52 Å². The summed E-state index contributed by atoms with van der Waals surface area (Å²) in [5, 5.41) is 7.80.